The van der Waals surface area contributed by atoms with E-state index in [2.05, 4.69) is 33.0 Å². The zero-order valence-electron chi connectivity index (χ0n) is 8.85. The van der Waals surface area contributed by atoms with Crippen LogP contribution in [0.15, 0.2) is 16.6 Å². The summed E-state index contributed by atoms with van der Waals surface area (Å²) in [6.07, 6.45) is 4.54. The third-order valence-electron chi connectivity index (χ3n) is 2.57. The SMILES string of the molecule is CCn1ccsc1=NC(=S)N1CCCC1. The monoisotopic (exact) mass is 241 g/mol. The van der Waals surface area contributed by atoms with Crippen molar-refractivity contribution in [2.75, 3.05) is 13.1 Å². The van der Waals surface area contributed by atoms with Crippen LogP contribution in [0.1, 0.15) is 19.8 Å². The second-order valence-corrected chi connectivity index (χ2v) is 4.80. The van der Waals surface area contributed by atoms with Crippen LogP contribution in [0.4, 0.5) is 0 Å². The summed E-state index contributed by atoms with van der Waals surface area (Å²) in [7, 11) is 0. The van der Waals surface area contributed by atoms with Gasteiger partial charge >= 0.3 is 0 Å². The third-order valence-corrected chi connectivity index (χ3v) is 3.71. The lowest BCUT2D eigenvalue weighted by Crippen LogP contribution is -2.27. The molecule has 0 unspecified atom stereocenters. The van der Waals surface area contributed by atoms with Gasteiger partial charge in [0.25, 0.3) is 0 Å². The van der Waals surface area contributed by atoms with Crippen molar-refractivity contribution in [2.24, 2.45) is 4.99 Å². The van der Waals surface area contributed by atoms with Crippen molar-refractivity contribution >= 4 is 28.7 Å². The van der Waals surface area contributed by atoms with E-state index in [0.29, 0.717) is 0 Å². The first-order chi connectivity index (χ1) is 7.31. The van der Waals surface area contributed by atoms with Crippen LogP contribution in [0.5, 0.6) is 0 Å². The van der Waals surface area contributed by atoms with E-state index in [9.17, 15) is 0 Å². The molecule has 5 heteroatoms. The Hall–Kier alpha value is -0.680. The van der Waals surface area contributed by atoms with E-state index in [1.165, 1.54) is 12.8 Å². The number of thiazole rings is 1. The molecule has 0 aromatic carbocycles. The highest BCUT2D eigenvalue weighted by Gasteiger charge is 2.13. The molecule has 0 atom stereocenters. The molecule has 2 heterocycles. The molecule has 0 spiro atoms. The lowest BCUT2D eigenvalue weighted by molar-refractivity contribution is 0.522. The summed E-state index contributed by atoms with van der Waals surface area (Å²) in [6, 6.07) is 0. The van der Waals surface area contributed by atoms with E-state index >= 15 is 0 Å². The Kier molecular flexibility index (Phi) is 3.53. The van der Waals surface area contributed by atoms with Crippen LogP contribution in [0.3, 0.4) is 0 Å². The number of hydrogen-bond donors (Lipinski definition) is 0. The number of likely N-dealkylation sites (tertiary alicyclic amines) is 1. The lowest BCUT2D eigenvalue weighted by atomic mass is 10.4. The molecule has 1 aliphatic rings. The molecule has 1 aromatic rings. The van der Waals surface area contributed by atoms with Crippen LogP contribution >= 0.6 is 23.6 Å². The minimum Gasteiger partial charge on any atom is -0.347 e. The molecule has 0 aliphatic carbocycles. The Morgan fingerprint density at radius 2 is 2.27 bits per heavy atom. The highest BCUT2D eigenvalue weighted by Crippen LogP contribution is 2.08. The molecule has 0 amide bonds. The van der Waals surface area contributed by atoms with Gasteiger partial charge in [0.1, 0.15) is 0 Å². The first-order valence-corrected chi connectivity index (χ1v) is 6.57. The van der Waals surface area contributed by atoms with Gasteiger partial charge in [-0.3, -0.25) is 0 Å². The van der Waals surface area contributed by atoms with Gasteiger partial charge < -0.3 is 9.47 Å². The number of aryl methyl sites for hydroxylation is 1. The zero-order valence-corrected chi connectivity index (χ0v) is 10.5. The zero-order chi connectivity index (χ0) is 10.7. The maximum absolute atomic E-state index is 5.32. The standard InChI is InChI=1S/C10H15N3S2/c1-2-12-7-8-15-10(12)11-9(14)13-5-3-4-6-13/h7-8H,2-6H2,1H3. The quantitative estimate of drug-likeness (QED) is 0.700. The van der Waals surface area contributed by atoms with Gasteiger partial charge in [-0.05, 0) is 32.0 Å². The van der Waals surface area contributed by atoms with Crippen molar-refractivity contribution in [1.29, 1.82) is 0 Å². The highest BCUT2D eigenvalue weighted by atomic mass is 32.1. The Balaban J connectivity index is 2.18. The molecule has 1 saturated heterocycles. The number of aromatic nitrogens is 1. The molecular weight excluding hydrogens is 226 g/mol. The largest absolute Gasteiger partial charge is 0.347 e. The van der Waals surface area contributed by atoms with Gasteiger partial charge in [-0.2, -0.15) is 4.99 Å². The van der Waals surface area contributed by atoms with E-state index in [0.717, 1.165) is 29.5 Å². The molecular formula is C10H15N3S2. The summed E-state index contributed by atoms with van der Waals surface area (Å²) in [6.45, 7) is 5.20. The Morgan fingerprint density at radius 1 is 1.53 bits per heavy atom. The van der Waals surface area contributed by atoms with E-state index in [-0.39, 0.29) is 0 Å². The number of thiocarbonyl (C=S) groups is 1. The van der Waals surface area contributed by atoms with Crippen LogP contribution in [0.2, 0.25) is 0 Å². The summed E-state index contributed by atoms with van der Waals surface area (Å²) >= 11 is 6.97. The smallest absolute Gasteiger partial charge is 0.198 e. The summed E-state index contributed by atoms with van der Waals surface area (Å²) in [5.41, 5.74) is 0. The summed E-state index contributed by atoms with van der Waals surface area (Å²) in [5, 5.41) is 2.80. The van der Waals surface area contributed by atoms with Crippen molar-refractivity contribution in [2.45, 2.75) is 26.3 Å². The van der Waals surface area contributed by atoms with Crippen molar-refractivity contribution in [1.82, 2.24) is 9.47 Å². The molecule has 15 heavy (non-hydrogen) atoms. The van der Waals surface area contributed by atoms with Crippen molar-refractivity contribution in [3.05, 3.63) is 16.4 Å². The topological polar surface area (TPSA) is 20.5 Å². The third kappa shape index (κ3) is 2.46. The minimum absolute atomic E-state index is 0.747. The van der Waals surface area contributed by atoms with Crippen molar-refractivity contribution < 1.29 is 0 Å². The second-order valence-electron chi connectivity index (χ2n) is 3.56. The van der Waals surface area contributed by atoms with E-state index in [4.69, 9.17) is 12.2 Å². The van der Waals surface area contributed by atoms with Crippen molar-refractivity contribution in [3.63, 3.8) is 0 Å². The van der Waals surface area contributed by atoms with Crippen LogP contribution in [0, 0.1) is 0 Å². The maximum Gasteiger partial charge on any atom is 0.198 e. The molecule has 1 aliphatic heterocycles. The van der Waals surface area contributed by atoms with Gasteiger partial charge in [0.15, 0.2) is 9.91 Å². The number of rotatable bonds is 1. The maximum atomic E-state index is 5.32. The van der Waals surface area contributed by atoms with Crippen LogP contribution in [-0.4, -0.2) is 27.7 Å². The predicted molar refractivity (Wildman–Crippen MR) is 67.0 cm³/mol. The fourth-order valence-electron chi connectivity index (χ4n) is 1.69. The van der Waals surface area contributed by atoms with Crippen LogP contribution in [0.25, 0.3) is 0 Å². The second kappa shape index (κ2) is 4.90. The van der Waals surface area contributed by atoms with Gasteiger partial charge in [0.2, 0.25) is 0 Å². The molecule has 0 radical (unpaired) electrons. The fraction of sp³-hybridized carbons (Fsp3) is 0.600. The molecule has 0 saturated carbocycles. The average Bonchev–Trinajstić information content (AvgIpc) is 2.87. The van der Waals surface area contributed by atoms with Crippen molar-refractivity contribution in [3.8, 4) is 0 Å². The van der Waals surface area contributed by atoms with Gasteiger partial charge in [-0.15, -0.1) is 11.3 Å². The summed E-state index contributed by atoms with van der Waals surface area (Å²) in [5.74, 6) is 0. The fourth-order valence-corrected chi connectivity index (χ4v) is 2.81. The normalized spacial score (nSPS) is 17.4. The summed E-state index contributed by atoms with van der Waals surface area (Å²) < 4.78 is 2.12. The number of hydrogen-bond acceptors (Lipinski definition) is 2. The Bertz CT molecular complexity index is 399. The Morgan fingerprint density at radius 3 is 2.93 bits per heavy atom. The average molecular weight is 241 g/mol. The van der Waals surface area contributed by atoms with E-state index < -0.39 is 0 Å². The molecule has 2 rings (SSSR count). The highest BCUT2D eigenvalue weighted by molar-refractivity contribution is 7.80. The van der Waals surface area contributed by atoms with E-state index in [1.807, 2.05) is 0 Å². The lowest BCUT2D eigenvalue weighted by Gasteiger charge is -2.13. The van der Waals surface area contributed by atoms with Crippen LogP contribution < -0.4 is 4.80 Å². The minimum atomic E-state index is 0.747. The van der Waals surface area contributed by atoms with Gasteiger partial charge in [0, 0.05) is 31.2 Å². The number of nitrogens with zero attached hydrogens (tertiary/aromatic N) is 3. The molecule has 3 nitrogen and oxygen atoms in total. The molecule has 1 fully saturated rings. The first kappa shape index (κ1) is 10.8. The molecule has 82 valence electrons. The molecule has 1 aromatic heterocycles. The predicted octanol–water partition coefficient (Wildman–Crippen LogP) is 1.85. The molecule has 0 bridgehead atoms. The van der Waals surface area contributed by atoms with Gasteiger partial charge in [0.05, 0.1) is 0 Å². The first-order valence-electron chi connectivity index (χ1n) is 5.29. The van der Waals surface area contributed by atoms with E-state index in [1.54, 1.807) is 11.3 Å². The molecule has 0 N–H and O–H groups in total. The van der Waals surface area contributed by atoms with Gasteiger partial charge in [-0.25, -0.2) is 0 Å². The van der Waals surface area contributed by atoms with Crippen LogP contribution in [-0.2, 0) is 6.54 Å². The van der Waals surface area contributed by atoms with Gasteiger partial charge in [-0.1, -0.05) is 0 Å². The Labute approximate surface area is 99.1 Å². The summed E-state index contributed by atoms with van der Waals surface area (Å²) in [4.78, 5) is 7.71.